The Morgan fingerprint density at radius 2 is 1.85 bits per heavy atom. The van der Waals surface area contributed by atoms with E-state index in [0.29, 0.717) is 6.54 Å². The van der Waals surface area contributed by atoms with Gasteiger partial charge in [-0.3, -0.25) is 4.79 Å². The van der Waals surface area contributed by atoms with Crippen LogP contribution < -0.4 is 11.1 Å². The van der Waals surface area contributed by atoms with Crippen molar-refractivity contribution in [3.63, 3.8) is 0 Å². The van der Waals surface area contributed by atoms with E-state index in [9.17, 15) is 9.18 Å². The summed E-state index contributed by atoms with van der Waals surface area (Å²) in [7, 11) is 0. The SMILES string of the molecule is NCc1ccccc1CC(=O)Nc1c(F)cccc1Cl. The fraction of sp³-hybridized carbons (Fsp3) is 0.133. The van der Waals surface area contributed by atoms with Crippen molar-refractivity contribution in [2.24, 2.45) is 5.73 Å². The number of benzene rings is 2. The van der Waals surface area contributed by atoms with E-state index in [1.807, 2.05) is 24.3 Å². The molecule has 0 radical (unpaired) electrons. The summed E-state index contributed by atoms with van der Waals surface area (Å²) in [4.78, 5) is 12.0. The number of anilines is 1. The van der Waals surface area contributed by atoms with Gasteiger partial charge in [-0.25, -0.2) is 4.39 Å². The van der Waals surface area contributed by atoms with Crippen LogP contribution in [-0.4, -0.2) is 5.91 Å². The first-order chi connectivity index (χ1) is 9.61. The van der Waals surface area contributed by atoms with Gasteiger partial charge in [0.2, 0.25) is 5.91 Å². The number of carbonyl (C=O) groups excluding carboxylic acids is 1. The van der Waals surface area contributed by atoms with Crippen LogP contribution in [0.4, 0.5) is 10.1 Å². The first-order valence-corrected chi connectivity index (χ1v) is 6.50. The van der Waals surface area contributed by atoms with Crippen LogP contribution in [0.25, 0.3) is 0 Å². The van der Waals surface area contributed by atoms with E-state index in [-0.39, 0.29) is 23.0 Å². The summed E-state index contributed by atoms with van der Waals surface area (Å²) in [6.07, 6.45) is 0.123. The van der Waals surface area contributed by atoms with Crippen LogP contribution in [0.3, 0.4) is 0 Å². The molecule has 3 N–H and O–H groups in total. The van der Waals surface area contributed by atoms with Crippen LogP contribution in [0.5, 0.6) is 0 Å². The van der Waals surface area contributed by atoms with Gasteiger partial charge in [-0.15, -0.1) is 0 Å². The highest BCUT2D eigenvalue weighted by molar-refractivity contribution is 6.33. The molecule has 2 aromatic carbocycles. The van der Waals surface area contributed by atoms with Crippen LogP contribution in [-0.2, 0) is 17.8 Å². The smallest absolute Gasteiger partial charge is 0.228 e. The van der Waals surface area contributed by atoms with Gasteiger partial charge in [0.15, 0.2) is 0 Å². The second-order valence-corrected chi connectivity index (χ2v) is 4.70. The van der Waals surface area contributed by atoms with Gasteiger partial charge in [-0.05, 0) is 23.3 Å². The highest BCUT2D eigenvalue weighted by Gasteiger charge is 2.12. The van der Waals surface area contributed by atoms with Crippen LogP contribution in [0.15, 0.2) is 42.5 Å². The molecule has 0 aliphatic carbocycles. The maximum atomic E-state index is 13.6. The van der Waals surface area contributed by atoms with Crippen LogP contribution in [0, 0.1) is 5.82 Å². The molecule has 2 rings (SSSR count). The Kier molecular flexibility index (Phi) is 4.71. The lowest BCUT2D eigenvalue weighted by Gasteiger charge is -2.10. The first kappa shape index (κ1) is 14.5. The molecule has 0 spiro atoms. The molecule has 0 bridgehead atoms. The van der Waals surface area contributed by atoms with Crippen LogP contribution in [0.1, 0.15) is 11.1 Å². The second kappa shape index (κ2) is 6.50. The zero-order chi connectivity index (χ0) is 14.5. The molecule has 1 amide bonds. The summed E-state index contributed by atoms with van der Waals surface area (Å²) in [5, 5.41) is 2.66. The molecule has 0 heterocycles. The molecule has 2 aromatic rings. The monoisotopic (exact) mass is 292 g/mol. The summed E-state index contributed by atoms with van der Waals surface area (Å²) in [6, 6.07) is 11.6. The van der Waals surface area contributed by atoms with Crippen molar-refractivity contribution in [2.75, 3.05) is 5.32 Å². The summed E-state index contributed by atoms with van der Waals surface area (Å²) >= 11 is 5.86. The highest BCUT2D eigenvalue weighted by Crippen LogP contribution is 2.24. The molecule has 0 aromatic heterocycles. The molecule has 0 fully saturated rings. The number of nitrogens with two attached hydrogens (primary N) is 1. The lowest BCUT2D eigenvalue weighted by atomic mass is 10.0. The van der Waals surface area contributed by atoms with Gasteiger partial charge in [-0.2, -0.15) is 0 Å². The third-order valence-corrected chi connectivity index (χ3v) is 3.23. The lowest BCUT2D eigenvalue weighted by molar-refractivity contribution is -0.115. The molecule has 104 valence electrons. The van der Waals surface area contributed by atoms with Gasteiger partial charge in [0.05, 0.1) is 17.1 Å². The molecule has 0 saturated heterocycles. The molecule has 20 heavy (non-hydrogen) atoms. The topological polar surface area (TPSA) is 55.1 Å². The number of hydrogen-bond donors (Lipinski definition) is 2. The molecular formula is C15H14ClFN2O. The van der Waals surface area contributed by atoms with E-state index in [4.69, 9.17) is 17.3 Å². The highest BCUT2D eigenvalue weighted by atomic mass is 35.5. The quantitative estimate of drug-likeness (QED) is 0.910. The molecule has 5 heteroatoms. The third kappa shape index (κ3) is 3.35. The summed E-state index contributed by atoms with van der Waals surface area (Å²) < 4.78 is 13.6. The average molecular weight is 293 g/mol. The number of halogens is 2. The van der Waals surface area contributed by atoms with Crippen molar-refractivity contribution < 1.29 is 9.18 Å². The Labute approximate surface area is 121 Å². The minimum atomic E-state index is -0.557. The number of amides is 1. The number of para-hydroxylation sites is 1. The Morgan fingerprint density at radius 1 is 1.15 bits per heavy atom. The van der Waals surface area contributed by atoms with E-state index in [2.05, 4.69) is 5.32 Å². The van der Waals surface area contributed by atoms with Gasteiger partial charge in [0, 0.05) is 6.54 Å². The molecule has 3 nitrogen and oxygen atoms in total. The van der Waals surface area contributed by atoms with Gasteiger partial charge in [0.1, 0.15) is 5.82 Å². The lowest BCUT2D eigenvalue weighted by Crippen LogP contribution is -2.17. The van der Waals surface area contributed by atoms with Gasteiger partial charge >= 0.3 is 0 Å². The van der Waals surface area contributed by atoms with Crippen molar-refractivity contribution in [2.45, 2.75) is 13.0 Å². The van der Waals surface area contributed by atoms with Gasteiger partial charge < -0.3 is 11.1 Å². The minimum absolute atomic E-state index is 0.00407. The van der Waals surface area contributed by atoms with E-state index >= 15 is 0 Å². The number of carbonyl (C=O) groups is 1. The Balaban J connectivity index is 2.13. The maximum absolute atomic E-state index is 13.6. The molecule has 0 saturated carbocycles. The Hall–Kier alpha value is -1.91. The minimum Gasteiger partial charge on any atom is -0.326 e. The van der Waals surface area contributed by atoms with E-state index < -0.39 is 5.82 Å². The fourth-order valence-corrected chi connectivity index (χ4v) is 2.11. The van der Waals surface area contributed by atoms with Crippen LogP contribution in [0.2, 0.25) is 5.02 Å². The number of rotatable bonds is 4. The predicted octanol–water partition coefficient (Wildman–Crippen LogP) is 3.12. The average Bonchev–Trinajstić information content (AvgIpc) is 2.44. The zero-order valence-electron chi connectivity index (χ0n) is 10.7. The Morgan fingerprint density at radius 3 is 2.50 bits per heavy atom. The molecular weight excluding hydrogens is 279 g/mol. The molecule has 0 unspecified atom stereocenters. The standard InChI is InChI=1S/C15H14ClFN2O/c16-12-6-3-7-13(17)15(12)19-14(20)8-10-4-1-2-5-11(10)9-18/h1-7H,8-9,18H2,(H,19,20). The largest absolute Gasteiger partial charge is 0.326 e. The number of nitrogens with one attached hydrogen (secondary N) is 1. The Bertz CT molecular complexity index is 611. The van der Waals surface area contributed by atoms with Crippen molar-refractivity contribution >= 4 is 23.2 Å². The normalized spacial score (nSPS) is 10.3. The summed E-state index contributed by atoms with van der Waals surface area (Å²) in [5.74, 6) is -0.893. The van der Waals surface area contributed by atoms with Crippen molar-refractivity contribution in [3.05, 3.63) is 64.4 Å². The van der Waals surface area contributed by atoms with Crippen molar-refractivity contribution in [3.8, 4) is 0 Å². The summed E-state index contributed by atoms with van der Waals surface area (Å²) in [5.41, 5.74) is 7.33. The summed E-state index contributed by atoms with van der Waals surface area (Å²) in [6.45, 7) is 0.351. The zero-order valence-corrected chi connectivity index (χ0v) is 11.5. The predicted molar refractivity (Wildman–Crippen MR) is 78.1 cm³/mol. The fourth-order valence-electron chi connectivity index (χ4n) is 1.90. The van der Waals surface area contributed by atoms with Crippen LogP contribution >= 0.6 is 11.6 Å². The van der Waals surface area contributed by atoms with E-state index in [1.54, 1.807) is 0 Å². The molecule has 0 aliphatic rings. The second-order valence-electron chi connectivity index (χ2n) is 4.29. The molecule has 0 aliphatic heterocycles. The van der Waals surface area contributed by atoms with Gasteiger partial charge in [-0.1, -0.05) is 41.9 Å². The van der Waals surface area contributed by atoms with Gasteiger partial charge in [0.25, 0.3) is 0 Å². The molecule has 0 atom stereocenters. The first-order valence-electron chi connectivity index (χ1n) is 6.12. The third-order valence-electron chi connectivity index (χ3n) is 2.92. The van der Waals surface area contributed by atoms with E-state index in [0.717, 1.165) is 11.1 Å². The van der Waals surface area contributed by atoms with E-state index in [1.165, 1.54) is 18.2 Å². The number of hydrogen-bond acceptors (Lipinski definition) is 2. The van der Waals surface area contributed by atoms with Crippen molar-refractivity contribution in [1.82, 2.24) is 0 Å². The maximum Gasteiger partial charge on any atom is 0.228 e. The van der Waals surface area contributed by atoms with Crippen molar-refractivity contribution in [1.29, 1.82) is 0 Å².